The van der Waals surface area contributed by atoms with Crippen LogP contribution in [0, 0.1) is 5.82 Å². The lowest BCUT2D eigenvalue weighted by Gasteiger charge is -2.15. The lowest BCUT2D eigenvalue weighted by atomic mass is 10.0. The van der Waals surface area contributed by atoms with Crippen molar-refractivity contribution in [3.8, 4) is 22.6 Å². The molecule has 0 bridgehead atoms. The molecule has 0 saturated carbocycles. The number of amides is 1. The minimum absolute atomic E-state index is 0.0458. The third-order valence-corrected chi connectivity index (χ3v) is 6.01. The van der Waals surface area contributed by atoms with Crippen molar-refractivity contribution >= 4 is 23.5 Å². The van der Waals surface area contributed by atoms with Crippen LogP contribution in [0.5, 0.6) is 11.5 Å². The molecule has 0 aromatic heterocycles. The first-order valence-corrected chi connectivity index (χ1v) is 12.0. The Morgan fingerprint density at radius 1 is 0.919 bits per heavy atom. The van der Waals surface area contributed by atoms with Gasteiger partial charge in [-0.05, 0) is 84.7 Å². The Hall–Kier alpha value is -3.82. The molecule has 0 radical (unpaired) electrons. The standard InChI is InChI=1S/C28H22F4N2O2S/c1-33-37-24-11-8-18(9-12-24)14-27(35)34-22-10-13-25(19-4-2-6-21(29)15-19)26(17-22)36-23-7-3-5-20(16-23)28(30,31)32/h2-13,15-17,33H,14H2,1H3,(H,34,35). The minimum Gasteiger partial charge on any atom is -0.457 e. The highest BCUT2D eigenvalue weighted by Crippen LogP contribution is 2.38. The Labute approximate surface area is 215 Å². The van der Waals surface area contributed by atoms with E-state index in [1.807, 2.05) is 31.3 Å². The second-order valence-electron chi connectivity index (χ2n) is 8.02. The summed E-state index contributed by atoms with van der Waals surface area (Å²) < 4.78 is 62.3. The summed E-state index contributed by atoms with van der Waals surface area (Å²) in [5, 5.41) is 2.79. The zero-order chi connectivity index (χ0) is 26.4. The lowest BCUT2D eigenvalue weighted by molar-refractivity contribution is -0.137. The van der Waals surface area contributed by atoms with Crippen LogP contribution in [-0.4, -0.2) is 13.0 Å². The third-order valence-electron chi connectivity index (χ3n) is 5.30. The molecule has 2 N–H and O–H groups in total. The van der Waals surface area contributed by atoms with Crippen molar-refractivity contribution < 1.29 is 27.1 Å². The van der Waals surface area contributed by atoms with E-state index in [-0.39, 0.29) is 23.8 Å². The number of rotatable bonds is 8. The van der Waals surface area contributed by atoms with E-state index in [9.17, 15) is 22.4 Å². The fourth-order valence-corrected chi connectivity index (χ4v) is 4.13. The van der Waals surface area contributed by atoms with E-state index >= 15 is 0 Å². The van der Waals surface area contributed by atoms with E-state index in [4.69, 9.17) is 4.74 Å². The molecule has 0 spiro atoms. The zero-order valence-corrected chi connectivity index (χ0v) is 20.4. The van der Waals surface area contributed by atoms with Crippen LogP contribution in [0.15, 0.2) is 95.9 Å². The summed E-state index contributed by atoms with van der Waals surface area (Å²) in [7, 11) is 1.82. The van der Waals surface area contributed by atoms with Crippen LogP contribution in [0.25, 0.3) is 11.1 Å². The van der Waals surface area contributed by atoms with Crippen molar-refractivity contribution in [2.45, 2.75) is 17.5 Å². The van der Waals surface area contributed by atoms with Gasteiger partial charge in [0.05, 0.1) is 12.0 Å². The molecule has 190 valence electrons. The maximum atomic E-state index is 13.9. The molecule has 4 nitrogen and oxygen atoms in total. The molecule has 4 rings (SSSR count). The molecule has 4 aromatic rings. The molecular formula is C28H22F4N2O2S. The summed E-state index contributed by atoms with van der Waals surface area (Å²) in [4.78, 5) is 13.7. The summed E-state index contributed by atoms with van der Waals surface area (Å²) in [5.41, 5.74) is 1.26. The smallest absolute Gasteiger partial charge is 0.416 e. The number of hydrogen-bond donors (Lipinski definition) is 2. The number of halogens is 4. The molecular weight excluding hydrogens is 504 g/mol. The Morgan fingerprint density at radius 2 is 1.68 bits per heavy atom. The third kappa shape index (κ3) is 7.12. The highest BCUT2D eigenvalue weighted by atomic mass is 32.2. The van der Waals surface area contributed by atoms with Gasteiger partial charge in [0.2, 0.25) is 5.91 Å². The summed E-state index contributed by atoms with van der Waals surface area (Å²) in [6, 6.07) is 22.5. The second kappa shape index (κ2) is 11.5. The van der Waals surface area contributed by atoms with E-state index in [0.29, 0.717) is 16.8 Å². The van der Waals surface area contributed by atoms with Crippen LogP contribution in [0.4, 0.5) is 23.2 Å². The minimum atomic E-state index is -4.54. The number of carbonyl (C=O) groups excluding carboxylic acids is 1. The van der Waals surface area contributed by atoms with E-state index in [1.54, 1.807) is 18.2 Å². The maximum Gasteiger partial charge on any atom is 0.416 e. The molecule has 0 fully saturated rings. The SMILES string of the molecule is CNSc1ccc(CC(=O)Nc2ccc(-c3cccc(F)c3)c(Oc3cccc(C(F)(F)F)c3)c2)cc1. The van der Waals surface area contributed by atoms with Gasteiger partial charge in [0.1, 0.15) is 17.3 Å². The van der Waals surface area contributed by atoms with Gasteiger partial charge in [0, 0.05) is 22.2 Å². The van der Waals surface area contributed by atoms with Crippen molar-refractivity contribution in [2.75, 3.05) is 12.4 Å². The highest BCUT2D eigenvalue weighted by molar-refractivity contribution is 7.97. The van der Waals surface area contributed by atoms with Gasteiger partial charge < -0.3 is 10.1 Å². The average molecular weight is 527 g/mol. The van der Waals surface area contributed by atoms with Gasteiger partial charge >= 0.3 is 6.18 Å². The Bertz CT molecular complexity index is 1390. The van der Waals surface area contributed by atoms with Gasteiger partial charge in [-0.15, -0.1) is 0 Å². The van der Waals surface area contributed by atoms with E-state index in [0.717, 1.165) is 22.6 Å². The average Bonchev–Trinajstić information content (AvgIpc) is 2.85. The van der Waals surface area contributed by atoms with Crippen molar-refractivity contribution in [3.63, 3.8) is 0 Å². The van der Waals surface area contributed by atoms with Gasteiger partial charge in [-0.25, -0.2) is 4.39 Å². The zero-order valence-electron chi connectivity index (χ0n) is 19.6. The molecule has 0 aliphatic rings. The van der Waals surface area contributed by atoms with Crippen LogP contribution in [0.3, 0.4) is 0 Å². The van der Waals surface area contributed by atoms with Crippen LogP contribution in [0.2, 0.25) is 0 Å². The summed E-state index contributed by atoms with van der Waals surface area (Å²) in [6.07, 6.45) is -4.41. The van der Waals surface area contributed by atoms with E-state index in [2.05, 4.69) is 10.0 Å². The molecule has 0 aliphatic heterocycles. The highest BCUT2D eigenvalue weighted by Gasteiger charge is 2.30. The number of anilines is 1. The fourth-order valence-electron chi connectivity index (χ4n) is 3.63. The van der Waals surface area contributed by atoms with Crippen LogP contribution in [-0.2, 0) is 17.4 Å². The number of alkyl halides is 3. The molecule has 0 atom stereocenters. The quantitative estimate of drug-likeness (QED) is 0.182. The van der Waals surface area contributed by atoms with Crippen LogP contribution < -0.4 is 14.8 Å². The number of carbonyl (C=O) groups is 1. The van der Waals surface area contributed by atoms with Gasteiger partial charge in [0.25, 0.3) is 0 Å². The predicted molar refractivity (Wildman–Crippen MR) is 137 cm³/mol. The fraction of sp³-hybridized carbons (Fsp3) is 0.107. The molecule has 4 aromatic carbocycles. The second-order valence-corrected chi connectivity index (χ2v) is 9.11. The molecule has 0 heterocycles. The van der Waals surface area contributed by atoms with Gasteiger partial charge in [0.15, 0.2) is 0 Å². The molecule has 0 unspecified atom stereocenters. The Morgan fingerprint density at radius 3 is 2.38 bits per heavy atom. The monoisotopic (exact) mass is 526 g/mol. The molecule has 9 heteroatoms. The Balaban J connectivity index is 1.60. The largest absolute Gasteiger partial charge is 0.457 e. The van der Waals surface area contributed by atoms with Gasteiger partial charge in [-0.3, -0.25) is 9.52 Å². The van der Waals surface area contributed by atoms with Gasteiger partial charge in [-0.2, -0.15) is 13.2 Å². The first-order chi connectivity index (χ1) is 17.7. The van der Waals surface area contributed by atoms with Crippen molar-refractivity contribution in [2.24, 2.45) is 0 Å². The summed E-state index contributed by atoms with van der Waals surface area (Å²) in [6.45, 7) is 0. The predicted octanol–water partition coefficient (Wildman–Crippen LogP) is 7.71. The molecule has 37 heavy (non-hydrogen) atoms. The topological polar surface area (TPSA) is 50.4 Å². The van der Waals surface area contributed by atoms with Crippen molar-refractivity contribution in [1.29, 1.82) is 0 Å². The van der Waals surface area contributed by atoms with Crippen molar-refractivity contribution in [1.82, 2.24) is 4.72 Å². The molecule has 1 amide bonds. The van der Waals surface area contributed by atoms with E-state index in [1.165, 1.54) is 48.3 Å². The number of ether oxygens (including phenoxy) is 1. The number of hydrogen-bond acceptors (Lipinski definition) is 4. The number of benzene rings is 4. The van der Waals surface area contributed by atoms with E-state index < -0.39 is 17.6 Å². The first kappa shape index (κ1) is 26.2. The van der Waals surface area contributed by atoms with Gasteiger partial charge in [-0.1, -0.05) is 30.3 Å². The van der Waals surface area contributed by atoms with Crippen LogP contribution in [0.1, 0.15) is 11.1 Å². The van der Waals surface area contributed by atoms with Crippen molar-refractivity contribution in [3.05, 3.63) is 108 Å². The number of nitrogens with one attached hydrogen (secondary N) is 2. The normalized spacial score (nSPS) is 11.3. The maximum absolute atomic E-state index is 13.9. The van der Waals surface area contributed by atoms with Crippen LogP contribution >= 0.6 is 11.9 Å². The Kier molecular flexibility index (Phi) is 8.15. The molecule has 0 aliphatic carbocycles. The molecule has 0 saturated heterocycles. The summed E-state index contributed by atoms with van der Waals surface area (Å²) >= 11 is 1.46. The lowest BCUT2D eigenvalue weighted by Crippen LogP contribution is -2.14. The first-order valence-electron chi connectivity index (χ1n) is 11.2. The summed E-state index contributed by atoms with van der Waals surface area (Å²) in [5.74, 6) is -0.636.